The lowest BCUT2D eigenvalue weighted by Crippen LogP contribution is -2.28. The van der Waals surface area contributed by atoms with Crippen LogP contribution in [0.25, 0.3) is 22.3 Å². The molecule has 2 nitrogen and oxygen atoms in total. The summed E-state index contributed by atoms with van der Waals surface area (Å²) >= 11 is 0. The van der Waals surface area contributed by atoms with Crippen LogP contribution in [0.4, 0.5) is 4.39 Å². The second-order valence-electron chi connectivity index (χ2n) is 8.01. The summed E-state index contributed by atoms with van der Waals surface area (Å²) in [5.41, 5.74) is 5.58. The van der Waals surface area contributed by atoms with Gasteiger partial charge in [-0.1, -0.05) is 87.4 Å². The Morgan fingerprint density at radius 2 is 1.50 bits per heavy atom. The van der Waals surface area contributed by atoms with E-state index in [1.165, 1.54) is 5.56 Å². The average Bonchev–Trinajstić information content (AvgIpc) is 2.75. The van der Waals surface area contributed by atoms with Gasteiger partial charge in [0.2, 0.25) is 0 Å². The highest BCUT2D eigenvalue weighted by Crippen LogP contribution is 2.33. The molecular formula is C27H27FO2. The van der Waals surface area contributed by atoms with E-state index < -0.39 is 11.8 Å². The molecule has 1 aliphatic rings. The van der Waals surface area contributed by atoms with Gasteiger partial charge in [0, 0.05) is 12.0 Å². The maximum Gasteiger partial charge on any atom is 0.341 e. The molecule has 0 aromatic heterocycles. The van der Waals surface area contributed by atoms with Gasteiger partial charge in [-0.3, -0.25) is 0 Å². The molecule has 0 radical (unpaired) electrons. The van der Waals surface area contributed by atoms with Crippen LogP contribution in [0.5, 0.6) is 0 Å². The van der Waals surface area contributed by atoms with Crippen LogP contribution in [0, 0.1) is 5.82 Å². The number of benzene rings is 3. The van der Waals surface area contributed by atoms with Gasteiger partial charge in [0.1, 0.15) is 11.9 Å². The summed E-state index contributed by atoms with van der Waals surface area (Å²) in [7, 11) is 0. The fraction of sp³-hybridized carbons (Fsp3) is 0.296. The minimum atomic E-state index is -0.544. The number of hydrogen-bond donors (Lipinski definition) is 0. The van der Waals surface area contributed by atoms with Gasteiger partial charge >= 0.3 is 5.97 Å². The Hall–Kier alpha value is -2.94. The third-order valence-electron chi connectivity index (χ3n) is 5.79. The van der Waals surface area contributed by atoms with Crippen LogP contribution >= 0.6 is 0 Å². The number of carbonyl (C=O) groups excluding carboxylic acids is 1. The lowest BCUT2D eigenvalue weighted by molar-refractivity contribution is 0.0230. The van der Waals surface area contributed by atoms with E-state index in [2.05, 4.69) is 38.1 Å². The smallest absolute Gasteiger partial charge is 0.341 e. The number of halogens is 1. The van der Waals surface area contributed by atoms with Crippen molar-refractivity contribution in [2.45, 2.75) is 52.1 Å². The maximum absolute atomic E-state index is 15.2. The van der Waals surface area contributed by atoms with Gasteiger partial charge < -0.3 is 4.74 Å². The Morgan fingerprint density at radius 1 is 0.867 bits per heavy atom. The lowest BCUT2D eigenvalue weighted by atomic mass is 9.91. The minimum Gasteiger partial charge on any atom is -0.458 e. The average molecular weight is 403 g/mol. The Morgan fingerprint density at radius 3 is 2.13 bits per heavy atom. The highest BCUT2D eigenvalue weighted by atomic mass is 19.1. The number of cyclic esters (lactones) is 1. The number of aryl methyl sites for hydroxylation is 1. The second kappa shape index (κ2) is 8.83. The second-order valence-corrected chi connectivity index (χ2v) is 8.01. The van der Waals surface area contributed by atoms with Crippen molar-refractivity contribution in [2.24, 2.45) is 0 Å². The zero-order valence-electron chi connectivity index (χ0n) is 17.6. The molecule has 0 saturated heterocycles. The first-order valence-corrected chi connectivity index (χ1v) is 10.8. The standard InChI is InChI=1S/C27H27FO2/c1-3-5-18-7-9-19(10-8-18)20-11-13-21(14-12-20)24-16-15-22-17-23(6-4-2)30-27(29)25(22)26(24)28/h7-16,23H,3-6,17H2,1-2H3. The third-order valence-corrected chi connectivity index (χ3v) is 5.79. The zero-order valence-corrected chi connectivity index (χ0v) is 17.6. The van der Waals surface area contributed by atoms with Gasteiger partial charge in [-0.15, -0.1) is 0 Å². The zero-order chi connectivity index (χ0) is 21.1. The molecule has 0 N–H and O–H groups in total. The highest BCUT2D eigenvalue weighted by Gasteiger charge is 2.30. The molecule has 0 amide bonds. The monoisotopic (exact) mass is 402 g/mol. The molecule has 1 atom stereocenters. The van der Waals surface area contributed by atoms with E-state index >= 15 is 4.39 Å². The van der Waals surface area contributed by atoms with Gasteiger partial charge in [-0.2, -0.15) is 0 Å². The van der Waals surface area contributed by atoms with Crippen molar-refractivity contribution in [1.82, 2.24) is 0 Å². The Labute approximate surface area is 177 Å². The SMILES string of the molecule is CCCc1ccc(-c2ccc(-c3ccc4c(c3F)C(=O)OC(CCC)C4)cc2)cc1. The van der Waals surface area contributed by atoms with Crippen molar-refractivity contribution in [3.05, 3.63) is 83.2 Å². The summed E-state index contributed by atoms with van der Waals surface area (Å²) in [6.45, 7) is 4.23. The molecule has 0 saturated carbocycles. The van der Waals surface area contributed by atoms with E-state index in [4.69, 9.17) is 4.74 Å². The van der Waals surface area contributed by atoms with E-state index in [1.54, 1.807) is 6.07 Å². The number of esters is 1. The lowest BCUT2D eigenvalue weighted by Gasteiger charge is -2.25. The van der Waals surface area contributed by atoms with Crippen molar-refractivity contribution in [2.75, 3.05) is 0 Å². The van der Waals surface area contributed by atoms with Crippen LogP contribution in [0.1, 0.15) is 54.6 Å². The summed E-state index contributed by atoms with van der Waals surface area (Å²) in [6.07, 6.45) is 4.38. The van der Waals surface area contributed by atoms with Gasteiger partial charge in [0.25, 0.3) is 0 Å². The summed E-state index contributed by atoms with van der Waals surface area (Å²) in [6, 6.07) is 20.0. The summed E-state index contributed by atoms with van der Waals surface area (Å²) < 4.78 is 20.7. The Bertz CT molecular complexity index is 1040. The quantitative estimate of drug-likeness (QED) is 0.415. The first-order chi connectivity index (χ1) is 14.6. The molecule has 3 aromatic rings. The van der Waals surface area contributed by atoms with E-state index in [9.17, 15) is 4.79 Å². The molecular weight excluding hydrogens is 375 g/mol. The largest absolute Gasteiger partial charge is 0.458 e. The van der Waals surface area contributed by atoms with Crippen LogP contribution in [-0.4, -0.2) is 12.1 Å². The topological polar surface area (TPSA) is 26.3 Å². The fourth-order valence-electron chi connectivity index (χ4n) is 4.20. The summed E-state index contributed by atoms with van der Waals surface area (Å²) in [5.74, 6) is -1.03. The molecule has 0 spiro atoms. The van der Waals surface area contributed by atoms with Crippen molar-refractivity contribution in [3.8, 4) is 22.3 Å². The predicted octanol–water partition coefficient (Wildman–Crippen LogP) is 6.99. The van der Waals surface area contributed by atoms with Gasteiger partial charge in [0.15, 0.2) is 0 Å². The number of fused-ring (bicyclic) bond motifs is 1. The van der Waals surface area contributed by atoms with Gasteiger partial charge in [0.05, 0.1) is 5.56 Å². The van der Waals surface area contributed by atoms with Crippen LogP contribution in [-0.2, 0) is 17.6 Å². The molecule has 3 heteroatoms. The molecule has 3 aromatic carbocycles. The van der Waals surface area contributed by atoms with Crippen LogP contribution < -0.4 is 0 Å². The maximum atomic E-state index is 15.2. The van der Waals surface area contributed by atoms with Crippen molar-refractivity contribution >= 4 is 5.97 Å². The molecule has 4 rings (SSSR count). The van der Waals surface area contributed by atoms with Crippen LogP contribution in [0.15, 0.2) is 60.7 Å². The first-order valence-electron chi connectivity index (χ1n) is 10.8. The molecule has 0 fully saturated rings. The summed E-state index contributed by atoms with van der Waals surface area (Å²) in [5, 5.41) is 0. The van der Waals surface area contributed by atoms with Crippen molar-refractivity contribution < 1.29 is 13.9 Å². The predicted molar refractivity (Wildman–Crippen MR) is 119 cm³/mol. The van der Waals surface area contributed by atoms with E-state index in [0.29, 0.717) is 12.0 Å². The minimum absolute atomic E-state index is 0.0930. The number of carbonyl (C=O) groups is 1. The molecule has 0 bridgehead atoms. The highest BCUT2D eigenvalue weighted by molar-refractivity contribution is 5.94. The molecule has 154 valence electrons. The van der Waals surface area contributed by atoms with Crippen molar-refractivity contribution in [1.29, 1.82) is 0 Å². The third kappa shape index (κ3) is 4.02. The first kappa shape index (κ1) is 20.3. The van der Waals surface area contributed by atoms with Crippen LogP contribution in [0.3, 0.4) is 0 Å². The van der Waals surface area contributed by atoms with E-state index in [0.717, 1.165) is 47.9 Å². The number of ether oxygens (including phenoxy) is 1. The Balaban J connectivity index is 1.60. The number of rotatable bonds is 6. The number of hydrogen-bond acceptors (Lipinski definition) is 2. The molecule has 1 heterocycles. The Kier molecular flexibility index (Phi) is 5.98. The van der Waals surface area contributed by atoms with Crippen molar-refractivity contribution in [3.63, 3.8) is 0 Å². The van der Waals surface area contributed by atoms with E-state index in [-0.39, 0.29) is 11.7 Å². The van der Waals surface area contributed by atoms with Crippen LogP contribution in [0.2, 0.25) is 0 Å². The fourth-order valence-corrected chi connectivity index (χ4v) is 4.20. The molecule has 1 aliphatic heterocycles. The molecule has 0 aliphatic carbocycles. The summed E-state index contributed by atoms with van der Waals surface area (Å²) in [4.78, 5) is 12.4. The van der Waals surface area contributed by atoms with E-state index in [1.807, 2.05) is 30.3 Å². The van der Waals surface area contributed by atoms with Gasteiger partial charge in [-0.05, 0) is 40.7 Å². The normalized spacial score (nSPS) is 15.6. The van der Waals surface area contributed by atoms with Gasteiger partial charge in [-0.25, -0.2) is 9.18 Å². The molecule has 1 unspecified atom stereocenters. The molecule has 30 heavy (non-hydrogen) atoms.